The van der Waals surface area contributed by atoms with Crippen molar-refractivity contribution < 1.29 is 5.11 Å². The van der Waals surface area contributed by atoms with E-state index in [1.807, 2.05) is 6.92 Å². The fourth-order valence-electron chi connectivity index (χ4n) is 1.14. The molecule has 0 bridgehead atoms. The van der Waals surface area contributed by atoms with Crippen molar-refractivity contribution in [3.05, 3.63) is 12.7 Å². The average molecular weight is 155 g/mol. The van der Waals surface area contributed by atoms with Gasteiger partial charge in [0.15, 0.2) is 0 Å². The smallest absolute Gasteiger partial charge is 0.137 e. The van der Waals surface area contributed by atoms with Crippen LogP contribution in [-0.2, 0) is 0 Å². The van der Waals surface area contributed by atoms with Crippen LogP contribution in [0.15, 0.2) is 12.7 Å². The van der Waals surface area contributed by atoms with Gasteiger partial charge in [-0.25, -0.2) is 9.67 Å². The van der Waals surface area contributed by atoms with Crippen LogP contribution in [0.3, 0.4) is 0 Å². The number of aromatic nitrogens is 3. The Balaban J connectivity index is 2.71. The third-order valence-corrected chi connectivity index (χ3v) is 1.75. The maximum atomic E-state index is 9.30. The fourth-order valence-corrected chi connectivity index (χ4v) is 1.14. The molecule has 0 radical (unpaired) electrons. The standard InChI is InChI=1S/C7H13N3O/c1-3-7(6(2)11)10-5-8-4-9-10/h4-7,11H,3H2,1-2H3/t6-,7+/m0/s1. The lowest BCUT2D eigenvalue weighted by Gasteiger charge is -2.17. The van der Waals surface area contributed by atoms with E-state index in [-0.39, 0.29) is 12.1 Å². The molecule has 0 aromatic carbocycles. The molecular formula is C7H13N3O. The van der Waals surface area contributed by atoms with E-state index in [1.54, 1.807) is 17.9 Å². The first kappa shape index (κ1) is 8.20. The van der Waals surface area contributed by atoms with Gasteiger partial charge in [0.25, 0.3) is 0 Å². The first-order valence-corrected chi connectivity index (χ1v) is 3.78. The molecule has 0 aliphatic heterocycles. The summed E-state index contributed by atoms with van der Waals surface area (Å²) in [5.74, 6) is 0. The largest absolute Gasteiger partial charge is 0.391 e. The number of hydrogen-bond acceptors (Lipinski definition) is 3. The molecule has 4 heteroatoms. The zero-order valence-electron chi connectivity index (χ0n) is 6.81. The molecule has 1 rings (SSSR count). The van der Waals surface area contributed by atoms with E-state index in [0.29, 0.717) is 0 Å². The van der Waals surface area contributed by atoms with Crippen LogP contribution in [0.2, 0.25) is 0 Å². The van der Waals surface area contributed by atoms with Gasteiger partial charge in [-0.3, -0.25) is 0 Å². The van der Waals surface area contributed by atoms with Crippen molar-refractivity contribution in [2.45, 2.75) is 32.4 Å². The van der Waals surface area contributed by atoms with Gasteiger partial charge in [0.05, 0.1) is 12.1 Å². The number of aliphatic hydroxyl groups is 1. The van der Waals surface area contributed by atoms with Gasteiger partial charge in [0.2, 0.25) is 0 Å². The summed E-state index contributed by atoms with van der Waals surface area (Å²) in [6.45, 7) is 3.77. The molecule has 0 spiro atoms. The Morgan fingerprint density at radius 3 is 2.73 bits per heavy atom. The molecule has 62 valence electrons. The monoisotopic (exact) mass is 155 g/mol. The van der Waals surface area contributed by atoms with Gasteiger partial charge in [-0.15, -0.1) is 0 Å². The zero-order chi connectivity index (χ0) is 8.27. The Morgan fingerprint density at radius 2 is 2.36 bits per heavy atom. The molecule has 0 saturated heterocycles. The van der Waals surface area contributed by atoms with Gasteiger partial charge >= 0.3 is 0 Å². The van der Waals surface area contributed by atoms with Crippen molar-refractivity contribution >= 4 is 0 Å². The molecule has 0 fully saturated rings. The van der Waals surface area contributed by atoms with E-state index in [2.05, 4.69) is 10.1 Å². The number of aliphatic hydroxyl groups excluding tert-OH is 1. The third kappa shape index (κ3) is 1.77. The van der Waals surface area contributed by atoms with Gasteiger partial charge in [-0.2, -0.15) is 5.10 Å². The first-order chi connectivity index (χ1) is 5.25. The second kappa shape index (κ2) is 3.48. The number of hydrogen-bond donors (Lipinski definition) is 1. The third-order valence-electron chi connectivity index (χ3n) is 1.75. The second-order valence-electron chi connectivity index (χ2n) is 2.59. The van der Waals surface area contributed by atoms with Gasteiger partial charge in [0.1, 0.15) is 12.7 Å². The quantitative estimate of drug-likeness (QED) is 0.695. The van der Waals surface area contributed by atoms with Gasteiger partial charge < -0.3 is 5.11 Å². The van der Waals surface area contributed by atoms with E-state index in [0.717, 1.165) is 6.42 Å². The van der Waals surface area contributed by atoms with Crippen molar-refractivity contribution in [3.8, 4) is 0 Å². The second-order valence-corrected chi connectivity index (χ2v) is 2.59. The maximum Gasteiger partial charge on any atom is 0.137 e. The minimum absolute atomic E-state index is 0.0532. The topological polar surface area (TPSA) is 50.9 Å². The van der Waals surface area contributed by atoms with Crippen LogP contribution in [0.25, 0.3) is 0 Å². The van der Waals surface area contributed by atoms with Crippen molar-refractivity contribution in [2.24, 2.45) is 0 Å². The lowest BCUT2D eigenvalue weighted by Crippen LogP contribution is -2.20. The molecular weight excluding hydrogens is 142 g/mol. The highest BCUT2D eigenvalue weighted by atomic mass is 16.3. The van der Waals surface area contributed by atoms with Crippen molar-refractivity contribution in [1.29, 1.82) is 0 Å². The molecule has 1 heterocycles. The zero-order valence-corrected chi connectivity index (χ0v) is 6.81. The predicted molar refractivity (Wildman–Crippen MR) is 41.0 cm³/mol. The van der Waals surface area contributed by atoms with Crippen LogP contribution in [0.5, 0.6) is 0 Å². The summed E-state index contributed by atoms with van der Waals surface area (Å²) < 4.78 is 1.69. The van der Waals surface area contributed by atoms with Crippen molar-refractivity contribution in [3.63, 3.8) is 0 Å². The predicted octanol–water partition coefficient (Wildman–Crippen LogP) is 0.610. The average Bonchev–Trinajstić information content (AvgIpc) is 2.40. The molecule has 0 unspecified atom stereocenters. The molecule has 2 atom stereocenters. The molecule has 4 nitrogen and oxygen atoms in total. The Hall–Kier alpha value is -0.900. The van der Waals surface area contributed by atoms with E-state index in [1.165, 1.54) is 6.33 Å². The maximum absolute atomic E-state index is 9.30. The normalized spacial score (nSPS) is 16.3. The summed E-state index contributed by atoms with van der Waals surface area (Å²) in [6.07, 6.45) is 3.59. The van der Waals surface area contributed by atoms with Crippen LogP contribution in [0, 0.1) is 0 Å². The van der Waals surface area contributed by atoms with Crippen LogP contribution < -0.4 is 0 Å². The lowest BCUT2D eigenvalue weighted by molar-refractivity contribution is 0.120. The Kier molecular flexibility index (Phi) is 2.59. The summed E-state index contributed by atoms with van der Waals surface area (Å²) in [7, 11) is 0. The van der Waals surface area contributed by atoms with Crippen molar-refractivity contribution in [1.82, 2.24) is 14.8 Å². The molecule has 0 saturated carbocycles. The lowest BCUT2D eigenvalue weighted by atomic mass is 10.1. The highest BCUT2D eigenvalue weighted by Crippen LogP contribution is 2.12. The minimum atomic E-state index is -0.373. The minimum Gasteiger partial charge on any atom is -0.391 e. The summed E-state index contributed by atoms with van der Waals surface area (Å²) in [5.41, 5.74) is 0. The van der Waals surface area contributed by atoms with Gasteiger partial charge in [-0.05, 0) is 13.3 Å². The molecule has 0 aliphatic carbocycles. The molecule has 1 aromatic rings. The molecule has 1 N–H and O–H groups in total. The Morgan fingerprint density at radius 1 is 1.64 bits per heavy atom. The molecule has 0 aliphatic rings. The Bertz CT molecular complexity index is 195. The van der Waals surface area contributed by atoms with Crippen LogP contribution >= 0.6 is 0 Å². The van der Waals surface area contributed by atoms with Crippen molar-refractivity contribution in [2.75, 3.05) is 0 Å². The highest BCUT2D eigenvalue weighted by molar-refractivity contribution is 4.71. The van der Waals surface area contributed by atoms with Crippen LogP contribution in [0.4, 0.5) is 0 Å². The fraction of sp³-hybridized carbons (Fsp3) is 0.714. The molecule has 1 aromatic heterocycles. The summed E-state index contributed by atoms with van der Waals surface area (Å²) in [6, 6.07) is 0.0532. The highest BCUT2D eigenvalue weighted by Gasteiger charge is 2.14. The van der Waals surface area contributed by atoms with Crippen LogP contribution in [0.1, 0.15) is 26.3 Å². The number of rotatable bonds is 3. The van der Waals surface area contributed by atoms with E-state index in [4.69, 9.17) is 0 Å². The van der Waals surface area contributed by atoms with Gasteiger partial charge in [-0.1, -0.05) is 6.92 Å². The summed E-state index contributed by atoms with van der Waals surface area (Å²) in [5, 5.41) is 13.2. The molecule has 11 heavy (non-hydrogen) atoms. The SMILES string of the molecule is CC[C@H]([C@H](C)O)n1cncn1. The Labute approximate surface area is 65.9 Å². The van der Waals surface area contributed by atoms with Crippen LogP contribution in [-0.4, -0.2) is 26.0 Å². The summed E-state index contributed by atoms with van der Waals surface area (Å²) in [4.78, 5) is 3.81. The van der Waals surface area contributed by atoms with E-state index >= 15 is 0 Å². The van der Waals surface area contributed by atoms with Gasteiger partial charge in [0, 0.05) is 0 Å². The number of nitrogens with zero attached hydrogens (tertiary/aromatic N) is 3. The molecule has 0 amide bonds. The van der Waals surface area contributed by atoms with E-state index in [9.17, 15) is 5.11 Å². The first-order valence-electron chi connectivity index (χ1n) is 3.78. The summed E-state index contributed by atoms with van der Waals surface area (Å²) >= 11 is 0. The van der Waals surface area contributed by atoms with E-state index < -0.39 is 0 Å².